The lowest BCUT2D eigenvalue weighted by molar-refractivity contribution is 0.0999. The number of amides is 1. The van der Waals surface area contributed by atoms with Crippen molar-refractivity contribution in [2.24, 2.45) is 11.7 Å². The van der Waals surface area contributed by atoms with E-state index in [2.05, 4.69) is 13.8 Å². The Bertz CT molecular complexity index is 1480. The monoisotopic (exact) mass is 499 g/mol. The Balaban J connectivity index is 2.04. The maximum Gasteiger partial charge on any atom is 0.261 e. The zero-order chi connectivity index (χ0) is 26.0. The highest BCUT2D eigenvalue weighted by Gasteiger charge is 2.29. The van der Waals surface area contributed by atoms with Gasteiger partial charge in [-0.05, 0) is 54.7 Å². The fourth-order valence-electron chi connectivity index (χ4n) is 4.77. The fraction of sp³-hybridized carbons (Fsp3) is 0.233. The Labute approximate surface area is 216 Å². The molecule has 0 fully saturated rings. The van der Waals surface area contributed by atoms with Crippen molar-refractivity contribution in [3.05, 3.63) is 122 Å². The van der Waals surface area contributed by atoms with E-state index in [0.29, 0.717) is 34.2 Å². The first-order valence-electron chi connectivity index (χ1n) is 12.0. The first-order valence-corrected chi connectivity index (χ1v) is 12.4. The van der Waals surface area contributed by atoms with Crippen molar-refractivity contribution in [1.29, 1.82) is 0 Å². The predicted molar refractivity (Wildman–Crippen MR) is 146 cm³/mol. The molecule has 1 amide bonds. The molecule has 0 spiro atoms. The van der Waals surface area contributed by atoms with E-state index in [1.54, 1.807) is 22.8 Å². The number of nitrogens with two attached hydrogens (primary N) is 1. The summed E-state index contributed by atoms with van der Waals surface area (Å²) in [5, 5.41) is 0.552. The number of primary amides is 1. The smallest absolute Gasteiger partial charge is 0.261 e. The summed E-state index contributed by atoms with van der Waals surface area (Å²) in [6, 6.07) is 22.7. The lowest BCUT2D eigenvalue weighted by atomic mass is 9.83. The molecule has 0 saturated carbocycles. The van der Waals surface area contributed by atoms with E-state index < -0.39 is 5.91 Å². The highest BCUT2D eigenvalue weighted by atomic mass is 35.5. The molecule has 0 radical (unpaired) electrons. The van der Waals surface area contributed by atoms with Crippen molar-refractivity contribution >= 4 is 17.5 Å². The summed E-state index contributed by atoms with van der Waals surface area (Å²) >= 11 is 6.26. The highest BCUT2D eigenvalue weighted by Crippen LogP contribution is 2.35. The summed E-state index contributed by atoms with van der Waals surface area (Å²) in [6.07, 6.45) is 0. The van der Waals surface area contributed by atoms with Gasteiger partial charge >= 0.3 is 0 Å². The van der Waals surface area contributed by atoms with Crippen molar-refractivity contribution in [2.75, 3.05) is 0 Å². The SMILES string of the molecule is Cc1ccc(C(N)=O)c([C@H](c2nc(C)c(-c3cccc(Cl)c3)c(=O)n2Cc2ccccc2)C(C)C)c1. The van der Waals surface area contributed by atoms with E-state index in [1.807, 2.05) is 68.4 Å². The molecule has 5 nitrogen and oxygen atoms in total. The Hall–Kier alpha value is -3.70. The second-order valence-electron chi connectivity index (χ2n) is 9.49. The van der Waals surface area contributed by atoms with Crippen LogP contribution in [0.2, 0.25) is 5.02 Å². The molecule has 0 bridgehead atoms. The van der Waals surface area contributed by atoms with Crippen LogP contribution in [0.25, 0.3) is 11.1 Å². The van der Waals surface area contributed by atoms with E-state index >= 15 is 0 Å². The lowest BCUT2D eigenvalue weighted by Gasteiger charge is -2.27. The van der Waals surface area contributed by atoms with Crippen molar-refractivity contribution in [2.45, 2.75) is 40.2 Å². The second-order valence-corrected chi connectivity index (χ2v) is 9.93. The number of carbonyl (C=O) groups excluding carboxylic acids is 1. The molecule has 1 aromatic heterocycles. The van der Waals surface area contributed by atoms with E-state index in [0.717, 1.165) is 22.3 Å². The van der Waals surface area contributed by atoms with Crippen LogP contribution in [0, 0.1) is 19.8 Å². The molecule has 0 aliphatic carbocycles. The van der Waals surface area contributed by atoms with Crippen LogP contribution < -0.4 is 11.3 Å². The number of aromatic nitrogens is 2. The molecule has 184 valence electrons. The topological polar surface area (TPSA) is 78.0 Å². The summed E-state index contributed by atoms with van der Waals surface area (Å²) < 4.78 is 1.73. The zero-order valence-corrected chi connectivity index (χ0v) is 21.7. The first-order chi connectivity index (χ1) is 17.2. The molecule has 0 unspecified atom stereocenters. The average molecular weight is 500 g/mol. The largest absolute Gasteiger partial charge is 0.366 e. The summed E-state index contributed by atoms with van der Waals surface area (Å²) in [5.41, 5.74) is 10.7. The standard InChI is InChI=1S/C30H30ClN3O2/c1-18(2)26(25-15-19(3)13-14-24(25)28(32)35)29-33-20(4)27(22-11-8-12-23(31)16-22)30(36)34(29)17-21-9-6-5-7-10-21/h5-16,18,26H,17H2,1-4H3,(H2,32,35)/t26-/m1/s1. The van der Waals surface area contributed by atoms with Crippen molar-refractivity contribution < 1.29 is 4.79 Å². The molecule has 2 N–H and O–H groups in total. The van der Waals surface area contributed by atoms with Crippen molar-refractivity contribution in [3.63, 3.8) is 0 Å². The van der Waals surface area contributed by atoms with Gasteiger partial charge in [0.05, 0.1) is 17.8 Å². The molecule has 0 aliphatic rings. The van der Waals surface area contributed by atoms with Gasteiger partial charge in [-0.15, -0.1) is 0 Å². The Kier molecular flexibility index (Phi) is 7.41. The number of hydrogen-bond donors (Lipinski definition) is 1. The van der Waals surface area contributed by atoms with Crippen LogP contribution in [0.1, 0.15) is 58.3 Å². The minimum absolute atomic E-state index is 0.0373. The van der Waals surface area contributed by atoms with E-state index in [-0.39, 0.29) is 17.4 Å². The molecule has 36 heavy (non-hydrogen) atoms. The normalized spacial score (nSPS) is 12.1. The van der Waals surface area contributed by atoms with Gasteiger partial charge in [-0.3, -0.25) is 14.2 Å². The van der Waals surface area contributed by atoms with Gasteiger partial charge in [0, 0.05) is 16.5 Å². The molecular weight excluding hydrogens is 470 g/mol. The number of benzene rings is 3. The van der Waals surface area contributed by atoms with Crippen LogP contribution in [-0.2, 0) is 6.54 Å². The maximum atomic E-state index is 14.2. The minimum Gasteiger partial charge on any atom is -0.366 e. The summed E-state index contributed by atoms with van der Waals surface area (Å²) in [4.78, 5) is 31.6. The summed E-state index contributed by atoms with van der Waals surface area (Å²) in [6.45, 7) is 8.30. The van der Waals surface area contributed by atoms with Crippen LogP contribution in [0.5, 0.6) is 0 Å². The van der Waals surface area contributed by atoms with Gasteiger partial charge in [0.25, 0.3) is 5.56 Å². The van der Waals surface area contributed by atoms with Gasteiger partial charge in [0.2, 0.25) is 5.91 Å². The molecule has 0 aliphatic heterocycles. The number of rotatable bonds is 7. The van der Waals surface area contributed by atoms with Gasteiger partial charge in [0.15, 0.2) is 0 Å². The number of carbonyl (C=O) groups is 1. The molecule has 3 aromatic carbocycles. The molecule has 1 atom stereocenters. The number of nitrogens with zero attached hydrogens (tertiary/aromatic N) is 2. The third kappa shape index (κ3) is 5.12. The Morgan fingerprint density at radius 1 is 1.00 bits per heavy atom. The zero-order valence-electron chi connectivity index (χ0n) is 21.0. The quantitative estimate of drug-likeness (QED) is 0.333. The van der Waals surface area contributed by atoms with Crippen LogP contribution in [0.4, 0.5) is 0 Å². The second kappa shape index (κ2) is 10.5. The minimum atomic E-state index is -0.500. The van der Waals surface area contributed by atoms with Crippen molar-refractivity contribution in [3.8, 4) is 11.1 Å². The van der Waals surface area contributed by atoms with Crippen molar-refractivity contribution in [1.82, 2.24) is 9.55 Å². The number of hydrogen-bond acceptors (Lipinski definition) is 3. The van der Waals surface area contributed by atoms with Gasteiger partial charge in [0.1, 0.15) is 5.82 Å². The summed E-state index contributed by atoms with van der Waals surface area (Å²) in [7, 11) is 0. The molecule has 4 rings (SSSR count). The van der Waals surface area contributed by atoms with E-state index in [9.17, 15) is 9.59 Å². The fourth-order valence-corrected chi connectivity index (χ4v) is 4.96. The predicted octanol–water partition coefficient (Wildman–Crippen LogP) is 6.12. The number of halogens is 1. The molecule has 0 saturated heterocycles. The molecular formula is C30H30ClN3O2. The highest BCUT2D eigenvalue weighted by molar-refractivity contribution is 6.30. The molecule has 1 heterocycles. The van der Waals surface area contributed by atoms with Crippen LogP contribution in [0.3, 0.4) is 0 Å². The lowest BCUT2D eigenvalue weighted by Crippen LogP contribution is -2.32. The number of aryl methyl sites for hydroxylation is 2. The molecule has 4 aromatic rings. The third-order valence-electron chi connectivity index (χ3n) is 6.43. The Morgan fingerprint density at radius 3 is 2.36 bits per heavy atom. The van der Waals surface area contributed by atoms with Gasteiger partial charge in [-0.2, -0.15) is 0 Å². The third-order valence-corrected chi connectivity index (χ3v) is 6.66. The Morgan fingerprint density at radius 2 is 1.72 bits per heavy atom. The first kappa shape index (κ1) is 25.4. The molecule has 6 heteroatoms. The van der Waals surface area contributed by atoms with Gasteiger partial charge < -0.3 is 5.73 Å². The van der Waals surface area contributed by atoms with E-state index in [1.165, 1.54) is 0 Å². The van der Waals surface area contributed by atoms with Gasteiger partial charge in [-0.25, -0.2) is 4.98 Å². The summed E-state index contributed by atoms with van der Waals surface area (Å²) in [5.74, 6) is -0.179. The van der Waals surface area contributed by atoms with Crippen LogP contribution in [-0.4, -0.2) is 15.5 Å². The van der Waals surface area contributed by atoms with Crippen LogP contribution in [0.15, 0.2) is 77.6 Å². The van der Waals surface area contributed by atoms with E-state index in [4.69, 9.17) is 22.3 Å². The van der Waals surface area contributed by atoms with Crippen LogP contribution >= 0.6 is 11.6 Å². The maximum absolute atomic E-state index is 14.2. The van der Waals surface area contributed by atoms with Gasteiger partial charge in [-0.1, -0.05) is 85.6 Å². The average Bonchev–Trinajstić information content (AvgIpc) is 2.82.